The van der Waals surface area contributed by atoms with Crippen molar-refractivity contribution in [3.05, 3.63) is 65.2 Å². The number of methoxy groups -OCH3 is 1. The van der Waals surface area contributed by atoms with Crippen molar-refractivity contribution in [1.29, 1.82) is 0 Å². The number of para-hydroxylation sites is 1. The first-order chi connectivity index (χ1) is 10.5. The summed E-state index contributed by atoms with van der Waals surface area (Å²) in [5.41, 5.74) is 9.00. The summed E-state index contributed by atoms with van der Waals surface area (Å²) < 4.78 is 5.52. The Labute approximate surface area is 132 Å². The van der Waals surface area contributed by atoms with Crippen LogP contribution in [0.1, 0.15) is 30.0 Å². The molecule has 0 aromatic heterocycles. The van der Waals surface area contributed by atoms with Crippen molar-refractivity contribution in [1.82, 2.24) is 0 Å². The zero-order valence-corrected chi connectivity index (χ0v) is 13.5. The second-order valence-corrected chi connectivity index (χ2v) is 6.14. The number of hydrogen-bond donors (Lipinski definition) is 2. The summed E-state index contributed by atoms with van der Waals surface area (Å²) in [6.07, 6.45) is 0.412. The molecule has 2 aromatic carbocycles. The number of rotatable bonds is 6. The van der Waals surface area contributed by atoms with Gasteiger partial charge in [-0.2, -0.15) is 0 Å². The van der Waals surface area contributed by atoms with Gasteiger partial charge in [-0.3, -0.25) is 0 Å². The van der Waals surface area contributed by atoms with E-state index in [1.54, 1.807) is 7.11 Å². The van der Waals surface area contributed by atoms with E-state index in [-0.39, 0.29) is 5.41 Å². The van der Waals surface area contributed by atoms with Gasteiger partial charge < -0.3 is 15.6 Å². The topological polar surface area (TPSA) is 55.5 Å². The average Bonchev–Trinajstić information content (AvgIpc) is 2.49. The largest absolute Gasteiger partial charge is 0.496 e. The smallest absolute Gasteiger partial charge is 0.122 e. The Bertz CT molecular complexity index is 624. The van der Waals surface area contributed by atoms with Crippen molar-refractivity contribution in [3.8, 4) is 5.75 Å². The van der Waals surface area contributed by atoms with Crippen LogP contribution in [0.15, 0.2) is 48.5 Å². The van der Waals surface area contributed by atoms with Crippen LogP contribution >= 0.6 is 0 Å². The van der Waals surface area contributed by atoms with E-state index in [9.17, 15) is 5.11 Å². The van der Waals surface area contributed by atoms with Crippen molar-refractivity contribution >= 4 is 0 Å². The van der Waals surface area contributed by atoms with Gasteiger partial charge in [0, 0.05) is 11.0 Å². The summed E-state index contributed by atoms with van der Waals surface area (Å²) in [5.74, 6) is 0.833. The van der Waals surface area contributed by atoms with Gasteiger partial charge in [0.1, 0.15) is 12.0 Å². The highest BCUT2D eigenvalue weighted by Crippen LogP contribution is 2.38. The van der Waals surface area contributed by atoms with E-state index >= 15 is 0 Å². The molecular weight excluding hydrogens is 274 g/mol. The van der Waals surface area contributed by atoms with Gasteiger partial charge in [-0.1, -0.05) is 49.4 Å². The maximum atomic E-state index is 9.80. The molecule has 0 radical (unpaired) electrons. The van der Waals surface area contributed by atoms with Gasteiger partial charge in [0.25, 0.3) is 0 Å². The molecule has 3 nitrogen and oxygen atoms in total. The molecule has 2 rings (SSSR count). The Morgan fingerprint density at radius 1 is 1.14 bits per heavy atom. The average molecular weight is 299 g/mol. The Morgan fingerprint density at radius 3 is 2.41 bits per heavy atom. The van der Waals surface area contributed by atoms with E-state index < -0.39 is 6.23 Å². The number of aliphatic hydroxyl groups is 1. The number of ether oxygens (including phenoxy) is 1. The van der Waals surface area contributed by atoms with Crippen LogP contribution in [0.25, 0.3) is 0 Å². The van der Waals surface area contributed by atoms with Crippen molar-refractivity contribution in [3.63, 3.8) is 0 Å². The molecule has 0 spiro atoms. The van der Waals surface area contributed by atoms with Crippen molar-refractivity contribution in [2.24, 2.45) is 5.73 Å². The monoisotopic (exact) mass is 299 g/mol. The van der Waals surface area contributed by atoms with Gasteiger partial charge >= 0.3 is 0 Å². The van der Waals surface area contributed by atoms with Crippen LogP contribution in [0.2, 0.25) is 0 Å². The maximum Gasteiger partial charge on any atom is 0.122 e. The number of hydrogen-bond acceptors (Lipinski definition) is 3. The summed E-state index contributed by atoms with van der Waals surface area (Å²) in [7, 11) is 1.67. The fourth-order valence-electron chi connectivity index (χ4n) is 3.11. The Hall–Kier alpha value is -1.84. The zero-order chi connectivity index (χ0) is 16.2. The molecular formula is C19H25NO2. The molecule has 3 N–H and O–H groups in total. The molecule has 0 saturated heterocycles. The van der Waals surface area contributed by atoms with Crippen LogP contribution in [-0.4, -0.2) is 18.4 Å². The van der Waals surface area contributed by atoms with E-state index in [2.05, 4.69) is 32.0 Å². The summed E-state index contributed by atoms with van der Waals surface area (Å²) in [6.45, 7) is 4.24. The lowest BCUT2D eigenvalue weighted by Crippen LogP contribution is -2.35. The summed E-state index contributed by atoms with van der Waals surface area (Å²) in [6, 6.07) is 16.3. The van der Waals surface area contributed by atoms with Gasteiger partial charge in [-0.15, -0.1) is 0 Å². The Kier molecular flexibility index (Phi) is 5.22. The standard InChI is InChI=1S/C19H25NO2/c1-14-8-4-5-9-15(14)12-19(2,13-18(20)21)16-10-6-7-11-17(16)22-3/h4-11,18,21H,12-13,20H2,1-3H3/t18-,19?/m1/s1. The van der Waals surface area contributed by atoms with Crippen LogP contribution in [0.5, 0.6) is 5.75 Å². The predicted molar refractivity (Wildman–Crippen MR) is 90.0 cm³/mol. The van der Waals surface area contributed by atoms with Gasteiger partial charge in [0.05, 0.1) is 7.11 Å². The fourth-order valence-corrected chi connectivity index (χ4v) is 3.11. The van der Waals surface area contributed by atoms with Crippen molar-refractivity contribution in [2.75, 3.05) is 7.11 Å². The van der Waals surface area contributed by atoms with Gasteiger partial charge in [-0.25, -0.2) is 0 Å². The molecule has 0 heterocycles. The molecule has 22 heavy (non-hydrogen) atoms. The molecule has 0 saturated carbocycles. The van der Waals surface area contributed by atoms with Crippen LogP contribution in [0, 0.1) is 6.92 Å². The van der Waals surface area contributed by atoms with Crippen molar-refractivity contribution < 1.29 is 9.84 Å². The van der Waals surface area contributed by atoms with Gasteiger partial charge in [0.15, 0.2) is 0 Å². The Balaban J connectivity index is 2.46. The van der Waals surface area contributed by atoms with Gasteiger partial charge in [0.2, 0.25) is 0 Å². The molecule has 118 valence electrons. The van der Waals surface area contributed by atoms with E-state index in [1.807, 2.05) is 30.3 Å². The van der Waals surface area contributed by atoms with E-state index in [4.69, 9.17) is 10.5 Å². The number of nitrogens with two attached hydrogens (primary N) is 1. The summed E-state index contributed by atoms with van der Waals surface area (Å²) in [4.78, 5) is 0. The minimum absolute atomic E-state index is 0.299. The normalized spacial score (nSPS) is 15.1. The SMILES string of the molecule is COc1ccccc1C(C)(Cc1ccccc1C)C[C@H](N)O. The van der Waals surface area contributed by atoms with E-state index in [1.165, 1.54) is 11.1 Å². The lowest BCUT2D eigenvalue weighted by Gasteiger charge is -2.33. The fraction of sp³-hybridized carbons (Fsp3) is 0.368. The lowest BCUT2D eigenvalue weighted by molar-refractivity contribution is 0.139. The molecule has 3 heteroatoms. The third-order valence-electron chi connectivity index (χ3n) is 4.26. The first-order valence-electron chi connectivity index (χ1n) is 7.58. The Morgan fingerprint density at radius 2 is 1.77 bits per heavy atom. The second-order valence-electron chi connectivity index (χ2n) is 6.14. The lowest BCUT2D eigenvalue weighted by atomic mass is 9.73. The molecule has 1 unspecified atom stereocenters. The quantitative estimate of drug-likeness (QED) is 0.806. The molecule has 0 amide bonds. The molecule has 0 bridgehead atoms. The van der Waals surface area contributed by atoms with Gasteiger partial charge in [-0.05, 0) is 37.0 Å². The van der Waals surface area contributed by atoms with Crippen LogP contribution < -0.4 is 10.5 Å². The zero-order valence-electron chi connectivity index (χ0n) is 13.5. The van der Waals surface area contributed by atoms with E-state index in [0.29, 0.717) is 6.42 Å². The number of benzene rings is 2. The summed E-state index contributed by atoms with van der Waals surface area (Å²) in [5, 5.41) is 9.80. The highest BCUT2D eigenvalue weighted by Gasteiger charge is 2.32. The second kappa shape index (κ2) is 6.95. The molecule has 0 aliphatic carbocycles. The highest BCUT2D eigenvalue weighted by atomic mass is 16.5. The third kappa shape index (κ3) is 3.67. The predicted octanol–water partition coefficient (Wildman–Crippen LogP) is 3.17. The van der Waals surface area contributed by atoms with Crippen LogP contribution in [-0.2, 0) is 11.8 Å². The van der Waals surface area contributed by atoms with Crippen LogP contribution in [0.3, 0.4) is 0 Å². The number of aryl methyl sites for hydroxylation is 1. The van der Waals surface area contributed by atoms with E-state index in [0.717, 1.165) is 17.7 Å². The van der Waals surface area contributed by atoms with Crippen LogP contribution in [0.4, 0.5) is 0 Å². The molecule has 0 aliphatic rings. The molecule has 0 aliphatic heterocycles. The maximum absolute atomic E-state index is 9.80. The third-order valence-corrected chi connectivity index (χ3v) is 4.26. The first-order valence-corrected chi connectivity index (χ1v) is 7.58. The molecule has 2 atom stereocenters. The molecule has 2 aromatic rings. The first kappa shape index (κ1) is 16.5. The summed E-state index contributed by atoms with van der Waals surface area (Å²) >= 11 is 0. The highest BCUT2D eigenvalue weighted by molar-refractivity contribution is 5.41. The molecule has 0 fully saturated rings. The number of aliphatic hydroxyl groups excluding tert-OH is 1. The minimum Gasteiger partial charge on any atom is -0.496 e. The minimum atomic E-state index is -0.862. The van der Waals surface area contributed by atoms with Crippen molar-refractivity contribution in [2.45, 2.75) is 38.3 Å².